The third-order valence-electron chi connectivity index (χ3n) is 4.29. The summed E-state index contributed by atoms with van der Waals surface area (Å²) in [6, 6.07) is 13.8. The highest BCUT2D eigenvalue weighted by atomic mass is 16.5. The van der Waals surface area contributed by atoms with Crippen molar-refractivity contribution >= 4 is 5.91 Å². The largest absolute Gasteiger partial charge is 0.480 e. The Labute approximate surface area is 142 Å². The molecule has 1 aromatic heterocycles. The summed E-state index contributed by atoms with van der Waals surface area (Å²) in [6.45, 7) is 1.93. The van der Waals surface area contributed by atoms with Crippen LogP contribution < -0.4 is 4.74 Å². The maximum absolute atomic E-state index is 13.1. The molecule has 1 fully saturated rings. The number of aromatic nitrogens is 1. The molecule has 5 heteroatoms. The molecule has 5 nitrogen and oxygen atoms in total. The normalized spacial score (nSPS) is 16.8. The fraction of sp³-hybridized carbons (Fsp3) is 0.368. The van der Waals surface area contributed by atoms with Crippen LogP contribution in [-0.2, 0) is 11.2 Å². The quantitative estimate of drug-likeness (QED) is 0.819. The molecule has 2 heterocycles. The number of rotatable bonds is 6. The minimum Gasteiger partial charge on any atom is -0.480 e. The SMILES string of the molecule is COc1ncccc1C(=O)N(CCc1ccccc1)[C@H]1CCOC1. The third kappa shape index (κ3) is 3.74. The van der Waals surface area contributed by atoms with E-state index < -0.39 is 0 Å². The molecule has 0 radical (unpaired) electrons. The second-order valence-electron chi connectivity index (χ2n) is 5.81. The monoisotopic (exact) mass is 326 g/mol. The number of carbonyl (C=O) groups excluding carboxylic acids is 1. The van der Waals surface area contributed by atoms with E-state index in [4.69, 9.17) is 9.47 Å². The van der Waals surface area contributed by atoms with Gasteiger partial charge in [0.25, 0.3) is 5.91 Å². The Morgan fingerprint density at radius 2 is 2.12 bits per heavy atom. The van der Waals surface area contributed by atoms with Gasteiger partial charge in [-0.3, -0.25) is 4.79 Å². The van der Waals surface area contributed by atoms with Gasteiger partial charge >= 0.3 is 0 Å². The molecule has 1 atom stereocenters. The zero-order chi connectivity index (χ0) is 16.8. The Kier molecular flexibility index (Phi) is 5.43. The van der Waals surface area contributed by atoms with Gasteiger partial charge < -0.3 is 14.4 Å². The molecule has 0 saturated carbocycles. The standard InChI is InChI=1S/C19H22N2O3/c1-23-18-17(8-5-11-20-18)19(22)21(16-10-13-24-14-16)12-9-15-6-3-2-4-7-15/h2-8,11,16H,9-10,12-14H2,1H3/t16-/m0/s1. The van der Waals surface area contributed by atoms with Gasteiger partial charge in [-0.25, -0.2) is 4.98 Å². The summed E-state index contributed by atoms with van der Waals surface area (Å²) >= 11 is 0. The van der Waals surface area contributed by atoms with Crippen molar-refractivity contribution in [3.8, 4) is 5.88 Å². The molecule has 0 aliphatic carbocycles. The van der Waals surface area contributed by atoms with E-state index in [-0.39, 0.29) is 11.9 Å². The number of nitrogens with zero attached hydrogens (tertiary/aromatic N) is 2. The lowest BCUT2D eigenvalue weighted by Gasteiger charge is -2.28. The van der Waals surface area contributed by atoms with Crippen molar-refractivity contribution in [2.45, 2.75) is 18.9 Å². The Morgan fingerprint density at radius 3 is 2.83 bits per heavy atom. The van der Waals surface area contributed by atoms with E-state index in [2.05, 4.69) is 17.1 Å². The van der Waals surface area contributed by atoms with Gasteiger partial charge in [0.2, 0.25) is 5.88 Å². The van der Waals surface area contributed by atoms with Gasteiger partial charge in [-0.05, 0) is 30.5 Å². The number of pyridine rings is 1. The number of benzene rings is 1. The minimum atomic E-state index is -0.0496. The molecule has 0 N–H and O–H groups in total. The Hall–Kier alpha value is -2.40. The molecule has 126 valence electrons. The van der Waals surface area contributed by atoms with E-state index in [1.807, 2.05) is 23.1 Å². The first-order valence-electron chi connectivity index (χ1n) is 8.21. The molecule has 0 bridgehead atoms. The molecule has 24 heavy (non-hydrogen) atoms. The van der Waals surface area contributed by atoms with Crippen LogP contribution in [0.4, 0.5) is 0 Å². The summed E-state index contributed by atoms with van der Waals surface area (Å²) < 4.78 is 10.7. The highest BCUT2D eigenvalue weighted by Gasteiger charge is 2.29. The molecule has 0 spiro atoms. The molecule has 1 amide bonds. The summed E-state index contributed by atoms with van der Waals surface area (Å²) in [7, 11) is 1.53. The summed E-state index contributed by atoms with van der Waals surface area (Å²) in [5.41, 5.74) is 1.72. The Bertz CT molecular complexity index is 669. The fourth-order valence-electron chi connectivity index (χ4n) is 2.98. The van der Waals surface area contributed by atoms with E-state index in [1.165, 1.54) is 12.7 Å². The van der Waals surface area contributed by atoms with Crippen molar-refractivity contribution in [2.24, 2.45) is 0 Å². The van der Waals surface area contributed by atoms with Crippen LogP contribution in [0.15, 0.2) is 48.7 Å². The molecule has 1 aliphatic heterocycles. The average molecular weight is 326 g/mol. The van der Waals surface area contributed by atoms with Gasteiger partial charge in [0.15, 0.2) is 0 Å². The first-order chi connectivity index (χ1) is 11.8. The van der Waals surface area contributed by atoms with Crippen LogP contribution in [0.2, 0.25) is 0 Å². The number of hydrogen-bond donors (Lipinski definition) is 0. The molecule has 1 aliphatic rings. The second kappa shape index (κ2) is 7.93. The Morgan fingerprint density at radius 1 is 1.29 bits per heavy atom. The van der Waals surface area contributed by atoms with Crippen molar-refractivity contribution in [1.82, 2.24) is 9.88 Å². The Balaban J connectivity index is 1.80. The van der Waals surface area contributed by atoms with Crippen LogP contribution in [0.3, 0.4) is 0 Å². The van der Waals surface area contributed by atoms with Crippen molar-refractivity contribution in [3.63, 3.8) is 0 Å². The minimum absolute atomic E-state index is 0.0496. The van der Waals surface area contributed by atoms with Gasteiger partial charge in [0, 0.05) is 19.3 Å². The molecule has 1 saturated heterocycles. The van der Waals surface area contributed by atoms with Crippen LogP contribution in [0.25, 0.3) is 0 Å². The second-order valence-corrected chi connectivity index (χ2v) is 5.81. The molecule has 3 rings (SSSR count). The predicted molar refractivity (Wildman–Crippen MR) is 91.2 cm³/mol. The predicted octanol–water partition coefficient (Wildman–Crippen LogP) is 2.56. The lowest BCUT2D eigenvalue weighted by molar-refractivity contribution is 0.0652. The molecular formula is C19H22N2O3. The van der Waals surface area contributed by atoms with Crippen LogP contribution in [0.1, 0.15) is 22.3 Å². The summed E-state index contributed by atoms with van der Waals surface area (Å²) in [6.07, 6.45) is 3.30. The smallest absolute Gasteiger partial charge is 0.259 e. The maximum atomic E-state index is 13.1. The average Bonchev–Trinajstić information content (AvgIpc) is 3.17. The zero-order valence-electron chi connectivity index (χ0n) is 13.9. The van der Waals surface area contributed by atoms with E-state index in [0.717, 1.165) is 12.8 Å². The number of carbonyl (C=O) groups is 1. The fourth-order valence-corrected chi connectivity index (χ4v) is 2.98. The number of amides is 1. The summed E-state index contributed by atoms with van der Waals surface area (Å²) in [5, 5.41) is 0. The van der Waals surface area contributed by atoms with Crippen LogP contribution >= 0.6 is 0 Å². The first kappa shape index (κ1) is 16.5. The highest BCUT2D eigenvalue weighted by Crippen LogP contribution is 2.21. The van der Waals surface area contributed by atoms with Crippen molar-refractivity contribution in [2.75, 3.05) is 26.9 Å². The van der Waals surface area contributed by atoms with Gasteiger partial charge in [0.05, 0.1) is 19.8 Å². The molecule has 2 aromatic rings. The van der Waals surface area contributed by atoms with Crippen molar-refractivity contribution < 1.29 is 14.3 Å². The molecule has 1 aromatic carbocycles. The van der Waals surface area contributed by atoms with E-state index in [9.17, 15) is 4.79 Å². The van der Waals surface area contributed by atoms with Gasteiger partial charge in [0.1, 0.15) is 5.56 Å². The van der Waals surface area contributed by atoms with Gasteiger partial charge in [-0.1, -0.05) is 30.3 Å². The zero-order valence-corrected chi connectivity index (χ0v) is 13.9. The topological polar surface area (TPSA) is 51.7 Å². The van der Waals surface area contributed by atoms with Crippen LogP contribution in [-0.4, -0.2) is 48.7 Å². The van der Waals surface area contributed by atoms with E-state index >= 15 is 0 Å². The summed E-state index contributed by atoms with van der Waals surface area (Å²) in [4.78, 5) is 19.1. The van der Waals surface area contributed by atoms with E-state index in [1.54, 1.807) is 18.3 Å². The number of methoxy groups -OCH3 is 1. The molecule has 0 unspecified atom stereocenters. The van der Waals surface area contributed by atoms with Crippen molar-refractivity contribution in [1.29, 1.82) is 0 Å². The van der Waals surface area contributed by atoms with Crippen molar-refractivity contribution in [3.05, 3.63) is 59.8 Å². The van der Waals surface area contributed by atoms with E-state index in [0.29, 0.717) is 31.2 Å². The number of ether oxygens (including phenoxy) is 2. The summed E-state index contributed by atoms with van der Waals surface area (Å²) in [5.74, 6) is 0.317. The number of hydrogen-bond acceptors (Lipinski definition) is 4. The highest BCUT2D eigenvalue weighted by molar-refractivity contribution is 5.96. The van der Waals surface area contributed by atoms with Gasteiger partial charge in [-0.15, -0.1) is 0 Å². The lowest BCUT2D eigenvalue weighted by Crippen LogP contribution is -2.42. The van der Waals surface area contributed by atoms with Crippen LogP contribution in [0, 0.1) is 0 Å². The maximum Gasteiger partial charge on any atom is 0.259 e. The molecular weight excluding hydrogens is 304 g/mol. The third-order valence-corrected chi connectivity index (χ3v) is 4.29. The first-order valence-corrected chi connectivity index (χ1v) is 8.21. The lowest BCUT2D eigenvalue weighted by atomic mass is 10.1. The van der Waals surface area contributed by atoms with Crippen LogP contribution in [0.5, 0.6) is 5.88 Å². The van der Waals surface area contributed by atoms with Gasteiger partial charge in [-0.2, -0.15) is 0 Å².